The van der Waals surface area contributed by atoms with Crippen molar-refractivity contribution in [2.45, 2.75) is 19.9 Å². The van der Waals surface area contributed by atoms with Crippen LogP contribution in [0.2, 0.25) is 0 Å². The van der Waals surface area contributed by atoms with Gasteiger partial charge in [0.05, 0.1) is 12.3 Å². The standard InChI is InChI=1S/C16H19BrN2O/c1-3-20-16-10-14(8-9-15(16)18)19-11(2)12-4-6-13(17)7-5-12/h4-11,19H,3,18H2,1-2H3. The van der Waals surface area contributed by atoms with E-state index in [4.69, 9.17) is 10.5 Å². The molecule has 1 unspecified atom stereocenters. The van der Waals surface area contributed by atoms with E-state index in [2.05, 4.69) is 40.3 Å². The average molecular weight is 335 g/mol. The van der Waals surface area contributed by atoms with E-state index in [1.54, 1.807) is 0 Å². The molecule has 3 N–H and O–H groups in total. The van der Waals surface area contributed by atoms with E-state index in [9.17, 15) is 0 Å². The molecule has 2 aromatic carbocycles. The molecule has 106 valence electrons. The molecule has 0 aliphatic heterocycles. The van der Waals surface area contributed by atoms with Crippen molar-refractivity contribution in [3.8, 4) is 5.75 Å². The van der Waals surface area contributed by atoms with Crippen molar-refractivity contribution in [3.63, 3.8) is 0 Å². The lowest BCUT2D eigenvalue weighted by Crippen LogP contribution is -2.07. The largest absolute Gasteiger partial charge is 0.492 e. The minimum Gasteiger partial charge on any atom is -0.492 e. The van der Waals surface area contributed by atoms with Gasteiger partial charge < -0.3 is 15.8 Å². The summed E-state index contributed by atoms with van der Waals surface area (Å²) in [6.45, 7) is 4.68. The van der Waals surface area contributed by atoms with E-state index in [1.165, 1.54) is 5.56 Å². The molecule has 0 aliphatic carbocycles. The predicted molar refractivity (Wildman–Crippen MR) is 88.2 cm³/mol. The number of hydrogen-bond donors (Lipinski definition) is 2. The van der Waals surface area contributed by atoms with E-state index in [1.807, 2.05) is 37.3 Å². The van der Waals surface area contributed by atoms with Gasteiger partial charge >= 0.3 is 0 Å². The van der Waals surface area contributed by atoms with Crippen LogP contribution in [0.4, 0.5) is 11.4 Å². The molecule has 0 spiro atoms. The van der Waals surface area contributed by atoms with Crippen LogP contribution in [-0.4, -0.2) is 6.61 Å². The maximum absolute atomic E-state index is 5.88. The third-order valence-corrected chi connectivity index (χ3v) is 3.60. The van der Waals surface area contributed by atoms with Gasteiger partial charge in [0.2, 0.25) is 0 Å². The Bertz CT molecular complexity index is 569. The second-order valence-corrected chi connectivity index (χ2v) is 5.52. The molecule has 0 aliphatic rings. The number of halogens is 1. The molecule has 0 saturated heterocycles. The van der Waals surface area contributed by atoms with Crippen molar-refractivity contribution in [3.05, 3.63) is 52.5 Å². The Labute approximate surface area is 128 Å². The fourth-order valence-corrected chi connectivity index (χ4v) is 2.25. The van der Waals surface area contributed by atoms with Crippen molar-refractivity contribution in [1.29, 1.82) is 0 Å². The van der Waals surface area contributed by atoms with E-state index in [-0.39, 0.29) is 6.04 Å². The molecule has 3 nitrogen and oxygen atoms in total. The summed E-state index contributed by atoms with van der Waals surface area (Å²) in [5, 5.41) is 3.45. The second kappa shape index (κ2) is 6.66. The van der Waals surface area contributed by atoms with Gasteiger partial charge in [0.1, 0.15) is 5.75 Å². The molecule has 0 radical (unpaired) electrons. The molecule has 0 fully saturated rings. The summed E-state index contributed by atoms with van der Waals surface area (Å²) >= 11 is 3.45. The molecule has 20 heavy (non-hydrogen) atoms. The van der Waals surface area contributed by atoms with Gasteiger partial charge in [-0.25, -0.2) is 0 Å². The Hall–Kier alpha value is -1.68. The monoisotopic (exact) mass is 334 g/mol. The van der Waals surface area contributed by atoms with Crippen molar-refractivity contribution in [2.24, 2.45) is 0 Å². The summed E-state index contributed by atoms with van der Waals surface area (Å²) in [4.78, 5) is 0. The molecule has 0 saturated carbocycles. The molecule has 0 bridgehead atoms. The van der Waals surface area contributed by atoms with Crippen molar-refractivity contribution >= 4 is 27.3 Å². The number of nitrogens with one attached hydrogen (secondary N) is 1. The lowest BCUT2D eigenvalue weighted by Gasteiger charge is -2.17. The lowest BCUT2D eigenvalue weighted by molar-refractivity contribution is 0.342. The molecule has 2 aromatic rings. The van der Waals surface area contributed by atoms with Gasteiger partial charge in [0, 0.05) is 22.3 Å². The highest BCUT2D eigenvalue weighted by Gasteiger charge is 2.07. The molecule has 0 amide bonds. The van der Waals surface area contributed by atoms with Gasteiger partial charge in [-0.1, -0.05) is 28.1 Å². The van der Waals surface area contributed by atoms with Crippen molar-refractivity contribution in [2.75, 3.05) is 17.7 Å². The number of nitrogen functional groups attached to an aromatic ring is 1. The Balaban J connectivity index is 2.13. The van der Waals surface area contributed by atoms with Gasteiger partial charge in [0.25, 0.3) is 0 Å². The summed E-state index contributed by atoms with van der Waals surface area (Å²) in [6.07, 6.45) is 0. The summed E-state index contributed by atoms with van der Waals surface area (Å²) in [6, 6.07) is 14.3. The first-order valence-corrected chi connectivity index (χ1v) is 7.43. The van der Waals surface area contributed by atoms with Gasteiger partial charge in [0.15, 0.2) is 0 Å². The highest BCUT2D eigenvalue weighted by atomic mass is 79.9. The van der Waals surface area contributed by atoms with Gasteiger partial charge in [-0.05, 0) is 43.7 Å². The Morgan fingerprint density at radius 3 is 2.55 bits per heavy atom. The third-order valence-electron chi connectivity index (χ3n) is 3.07. The zero-order valence-electron chi connectivity index (χ0n) is 11.7. The fourth-order valence-electron chi connectivity index (χ4n) is 1.99. The van der Waals surface area contributed by atoms with Crippen LogP contribution in [0.15, 0.2) is 46.9 Å². The lowest BCUT2D eigenvalue weighted by atomic mass is 10.1. The number of rotatable bonds is 5. The minimum absolute atomic E-state index is 0.209. The summed E-state index contributed by atoms with van der Waals surface area (Å²) in [7, 11) is 0. The molecular weight excluding hydrogens is 316 g/mol. The Morgan fingerprint density at radius 2 is 1.90 bits per heavy atom. The predicted octanol–water partition coefficient (Wildman–Crippen LogP) is 4.60. The summed E-state index contributed by atoms with van der Waals surface area (Å²) in [5.41, 5.74) is 8.76. The topological polar surface area (TPSA) is 47.3 Å². The zero-order valence-corrected chi connectivity index (χ0v) is 13.3. The van der Waals surface area contributed by atoms with Crippen LogP contribution in [0.1, 0.15) is 25.5 Å². The first-order valence-electron chi connectivity index (χ1n) is 6.64. The Morgan fingerprint density at radius 1 is 1.20 bits per heavy atom. The number of ether oxygens (including phenoxy) is 1. The first kappa shape index (κ1) is 14.7. The maximum atomic E-state index is 5.88. The van der Waals surface area contributed by atoms with E-state index >= 15 is 0 Å². The Kier molecular flexibility index (Phi) is 4.90. The smallest absolute Gasteiger partial charge is 0.144 e. The van der Waals surface area contributed by atoms with E-state index in [0.29, 0.717) is 12.3 Å². The van der Waals surface area contributed by atoms with Gasteiger partial charge in [-0.2, -0.15) is 0 Å². The van der Waals surface area contributed by atoms with Crippen molar-refractivity contribution in [1.82, 2.24) is 0 Å². The normalized spacial score (nSPS) is 11.9. The number of hydrogen-bond acceptors (Lipinski definition) is 3. The molecule has 0 heterocycles. The first-order chi connectivity index (χ1) is 9.60. The maximum Gasteiger partial charge on any atom is 0.144 e. The highest BCUT2D eigenvalue weighted by molar-refractivity contribution is 9.10. The van der Waals surface area contributed by atoms with Gasteiger partial charge in [-0.15, -0.1) is 0 Å². The number of anilines is 2. The zero-order chi connectivity index (χ0) is 14.5. The van der Waals surface area contributed by atoms with Crippen molar-refractivity contribution < 1.29 is 4.74 Å². The average Bonchev–Trinajstić information content (AvgIpc) is 2.43. The number of nitrogens with two attached hydrogens (primary N) is 1. The van der Waals surface area contributed by atoms with Crippen LogP contribution >= 0.6 is 15.9 Å². The summed E-state index contributed by atoms with van der Waals surface area (Å²) < 4.78 is 6.59. The van der Waals surface area contributed by atoms with Gasteiger partial charge in [-0.3, -0.25) is 0 Å². The summed E-state index contributed by atoms with van der Waals surface area (Å²) in [5.74, 6) is 0.723. The quantitative estimate of drug-likeness (QED) is 0.785. The highest BCUT2D eigenvalue weighted by Crippen LogP contribution is 2.28. The van der Waals surface area contributed by atoms with Crippen LogP contribution in [0.5, 0.6) is 5.75 Å². The fraction of sp³-hybridized carbons (Fsp3) is 0.250. The minimum atomic E-state index is 0.209. The number of benzene rings is 2. The molecule has 1 atom stereocenters. The molecule has 0 aromatic heterocycles. The van der Waals surface area contributed by atoms with Crippen LogP contribution < -0.4 is 15.8 Å². The van der Waals surface area contributed by atoms with Crippen LogP contribution in [0.25, 0.3) is 0 Å². The van der Waals surface area contributed by atoms with Crippen LogP contribution in [-0.2, 0) is 0 Å². The van der Waals surface area contributed by atoms with E-state index < -0.39 is 0 Å². The second-order valence-electron chi connectivity index (χ2n) is 4.60. The SMILES string of the molecule is CCOc1cc(NC(C)c2ccc(Br)cc2)ccc1N. The van der Waals surface area contributed by atoms with Crippen LogP contribution in [0, 0.1) is 0 Å². The van der Waals surface area contributed by atoms with E-state index in [0.717, 1.165) is 15.9 Å². The molecule has 4 heteroatoms. The van der Waals surface area contributed by atoms with Crippen LogP contribution in [0.3, 0.4) is 0 Å². The molecule has 2 rings (SSSR count). The molecular formula is C16H19BrN2O. The third kappa shape index (κ3) is 3.67.